The molecule has 3 rings (SSSR count). The highest BCUT2D eigenvalue weighted by molar-refractivity contribution is 7.99. The van der Waals surface area contributed by atoms with E-state index in [1.54, 1.807) is 29.2 Å². The van der Waals surface area contributed by atoms with Gasteiger partial charge in [0, 0.05) is 22.8 Å². The number of benzene rings is 2. The molecule has 0 saturated carbocycles. The third-order valence-electron chi connectivity index (χ3n) is 3.99. The Bertz CT molecular complexity index is 721. The zero-order valence-electron chi connectivity index (χ0n) is 13.2. The van der Waals surface area contributed by atoms with Gasteiger partial charge in [-0.2, -0.15) is 8.78 Å². The molecule has 2 aromatic rings. The van der Waals surface area contributed by atoms with E-state index in [1.807, 2.05) is 31.2 Å². The second kappa shape index (κ2) is 7.21. The van der Waals surface area contributed by atoms with Crippen molar-refractivity contribution < 1.29 is 13.6 Å². The Hall–Kier alpha value is -2.08. The molecule has 0 aromatic heterocycles. The van der Waals surface area contributed by atoms with Gasteiger partial charge in [0.05, 0.1) is 0 Å². The smallest absolute Gasteiger partial charge is 0.288 e. The second-order valence-electron chi connectivity index (χ2n) is 5.64. The van der Waals surface area contributed by atoms with Crippen LogP contribution in [0.4, 0.5) is 20.2 Å². The number of amides is 1. The number of halogens is 2. The van der Waals surface area contributed by atoms with Crippen LogP contribution in [0.25, 0.3) is 0 Å². The van der Waals surface area contributed by atoms with Crippen molar-refractivity contribution in [2.45, 2.75) is 30.0 Å². The first-order valence-corrected chi connectivity index (χ1v) is 8.63. The minimum Gasteiger partial charge on any atom is -0.374 e. The van der Waals surface area contributed by atoms with Gasteiger partial charge < -0.3 is 10.2 Å². The van der Waals surface area contributed by atoms with E-state index >= 15 is 0 Å². The number of rotatable bonds is 5. The maximum Gasteiger partial charge on any atom is 0.288 e. The van der Waals surface area contributed by atoms with Crippen molar-refractivity contribution in [2.75, 3.05) is 16.8 Å². The molecule has 1 heterocycles. The van der Waals surface area contributed by atoms with E-state index in [4.69, 9.17) is 0 Å². The SMILES string of the molecule is C[C@@H](Nc1ccc(SC(F)F)cc1)C(=O)N1CCc2ccccc21. The average molecular weight is 348 g/mol. The van der Waals surface area contributed by atoms with Crippen LogP contribution in [0.1, 0.15) is 12.5 Å². The monoisotopic (exact) mass is 348 g/mol. The lowest BCUT2D eigenvalue weighted by Crippen LogP contribution is -2.40. The summed E-state index contributed by atoms with van der Waals surface area (Å²) in [6.45, 7) is 2.50. The standard InChI is InChI=1S/C18H18F2N2OS/c1-12(21-14-6-8-15(9-7-14)24-18(19)20)17(23)22-11-10-13-4-2-3-5-16(13)22/h2-9,12,18,21H,10-11H2,1H3/t12-/m1/s1. The number of hydrogen-bond acceptors (Lipinski definition) is 3. The summed E-state index contributed by atoms with van der Waals surface area (Å²) in [4.78, 5) is 15.0. The topological polar surface area (TPSA) is 32.3 Å². The lowest BCUT2D eigenvalue weighted by molar-refractivity contribution is -0.118. The molecule has 24 heavy (non-hydrogen) atoms. The van der Waals surface area contributed by atoms with Crippen LogP contribution >= 0.6 is 11.8 Å². The van der Waals surface area contributed by atoms with E-state index < -0.39 is 11.8 Å². The van der Waals surface area contributed by atoms with E-state index in [0.717, 1.165) is 17.8 Å². The van der Waals surface area contributed by atoms with Gasteiger partial charge in [-0.3, -0.25) is 4.79 Å². The van der Waals surface area contributed by atoms with E-state index in [1.165, 1.54) is 5.56 Å². The molecule has 1 aliphatic heterocycles. The van der Waals surface area contributed by atoms with Crippen LogP contribution in [-0.4, -0.2) is 24.3 Å². The highest BCUT2D eigenvalue weighted by atomic mass is 32.2. The van der Waals surface area contributed by atoms with Crippen LogP contribution in [0, 0.1) is 0 Å². The summed E-state index contributed by atoms with van der Waals surface area (Å²) in [5, 5.41) is 3.14. The number of hydrogen-bond donors (Lipinski definition) is 1. The Labute approximate surface area is 144 Å². The Morgan fingerprint density at radius 1 is 1.17 bits per heavy atom. The summed E-state index contributed by atoms with van der Waals surface area (Å²) in [6, 6.07) is 14.2. The normalized spacial score (nSPS) is 14.6. The van der Waals surface area contributed by atoms with Gasteiger partial charge in [-0.25, -0.2) is 0 Å². The molecule has 1 N–H and O–H groups in total. The summed E-state index contributed by atoms with van der Waals surface area (Å²) >= 11 is 0.509. The van der Waals surface area contributed by atoms with Gasteiger partial charge in [0.15, 0.2) is 0 Å². The number of para-hydroxylation sites is 1. The van der Waals surface area contributed by atoms with Crippen molar-refractivity contribution in [3.8, 4) is 0 Å². The van der Waals surface area contributed by atoms with Crippen molar-refractivity contribution >= 4 is 29.0 Å². The molecule has 0 saturated heterocycles. The zero-order chi connectivity index (χ0) is 17.1. The number of anilines is 2. The van der Waals surface area contributed by atoms with Crippen LogP contribution in [0.2, 0.25) is 0 Å². The molecular formula is C18H18F2N2OS. The molecule has 2 aromatic carbocycles. The van der Waals surface area contributed by atoms with Crippen LogP contribution in [0.3, 0.4) is 0 Å². The lowest BCUT2D eigenvalue weighted by Gasteiger charge is -2.23. The Morgan fingerprint density at radius 3 is 2.58 bits per heavy atom. The summed E-state index contributed by atoms with van der Waals surface area (Å²) in [6.07, 6.45) is 0.869. The fourth-order valence-electron chi connectivity index (χ4n) is 2.85. The summed E-state index contributed by atoms with van der Waals surface area (Å²) in [5.74, 6) is -2.43. The molecule has 1 amide bonds. The Kier molecular flexibility index (Phi) is 5.04. The fraction of sp³-hybridized carbons (Fsp3) is 0.278. The van der Waals surface area contributed by atoms with Gasteiger partial charge in [-0.05, 0) is 49.2 Å². The molecule has 0 bridgehead atoms. The Balaban J connectivity index is 1.65. The third-order valence-corrected chi connectivity index (χ3v) is 4.71. The predicted octanol–water partition coefficient (Wildman–Crippen LogP) is 4.39. The fourth-order valence-corrected chi connectivity index (χ4v) is 3.34. The molecule has 1 aliphatic rings. The van der Waals surface area contributed by atoms with E-state index in [9.17, 15) is 13.6 Å². The van der Waals surface area contributed by atoms with Crippen LogP contribution in [-0.2, 0) is 11.2 Å². The second-order valence-corrected chi connectivity index (χ2v) is 6.70. The molecule has 0 spiro atoms. The van der Waals surface area contributed by atoms with Gasteiger partial charge in [0.25, 0.3) is 5.76 Å². The number of thioether (sulfide) groups is 1. The van der Waals surface area contributed by atoms with E-state index in [2.05, 4.69) is 5.32 Å². The third kappa shape index (κ3) is 3.70. The number of nitrogens with one attached hydrogen (secondary N) is 1. The van der Waals surface area contributed by atoms with Crippen LogP contribution in [0.15, 0.2) is 53.4 Å². The number of nitrogens with zero attached hydrogens (tertiary/aromatic N) is 1. The maximum atomic E-state index is 12.7. The highest BCUT2D eigenvalue weighted by Crippen LogP contribution is 2.29. The maximum absolute atomic E-state index is 12.7. The summed E-state index contributed by atoms with van der Waals surface area (Å²) in [7, 11) is 0. The molecule has 126 valence electrons. The molecule has 0 unspecified atom stereocenters. The van der Waals surface area contributed by atoms with Crippen molar-refractivity contribution in [3.05, 3.63) is 54.1 Å². The highest BCUT2D eigenvalue weighted by Gasteiger charge is 2.27. The van der Waals surface area contributed by atoms with Crippen molar-refractivity contribution in [1.29, 1.82) is 0 Å². The molecule has 0 aliphatic carbocycles. The Morgan fingerprint density at radius 2 is 1.88 bits per heavy atom. The summed E-state index contributed by atoms with van der Waals surface area (Å²) in [5.41, 5.74) is 2.90. The van der Waals surface area contributed by atoms with Gasteiger partial charge in [-0.15, -0.1) is 0 Å². The first-order valence-electron chi connectivity index (χ1n) is 7.75. The molecule has 1 atom stereocenters. The number of alkyl halides is 2. The molecule has 3 nitrogen and oxygen atoms in total. The number of fused-ring (bicyclic) bond motifs is 1. The van der Waals surface area contributed by atoms with E-state index in [0.29, 0.717) is 23.2 Å². The number of carbonyl (C=O) groups is 1. The first-order chi connectivity index (χ1) is 11.5. The minimum atomic E-state index is -2.43. The van der Waals surface area contributed by atoms with Gasteiger partial charge in [0.2, 0.25) is 5.91 Å². The van der Waals surface area contributed by atoms with Crippen molar-refractivity contribution in [2.24, 2.45) is 0 Å². The molecule has 0 fully saturated rings. The first kappa shape index (κ1) is 16.8. The average Bonchev–Trinajstić information content (AvgIpc) is 2.99. The lowest BCUT2D eigenvalue weighted by atomic mass is 10.2. The van der Waals surface area contributed by atoms with Gasteiger partial charge in [-0.1, -0.05) is 30.0 Å². The minimum absolute atomic E-state index is 0.00554. The van der Waals surface area contributed by atoms with E-state index in [-0.39, 0.29) is 5.91 Å². The van der Waals surface area contributed by atoms with Gasteiger partial charge in [0.1, 0.15) is 6.04 Å². The largest absolute Gasteiger partial charge is 0.374 e. The quantitative estimate of drug-likeness (QED) is 0.814. The molecule has 6 heteroatoms. The zero-order valence-corrected chi connectivity index (χ0v) is 14.0. The predicted molar refractivity (Wildman–Crippen MR) is 93.9 cm³/mol. The van der Waals surface area contributed by atoms with Gasteiger partial charge >= 0.3 is 0 Å². The van der Waals surface area contributed by atoms with Crippen molar-refractivity contribution in [1.82, 2.24) is 0 Å². The van der Waals surface area contributed by atoms with Crippen LogP contribution in [0.5, 0.6) is 0 Å². The summed E-state index contributed by atoms with van der Waals surface area (Å²) < 4.78 is 24.7. The molecular weight excluding hydrogens is 330 g/mol. The molecule has 0 radical (unpaired) electrons. The number of carbonyl (C=O) groups excluding carboxylic acids is 1. The van der Waals surface area contributed by atoms with Crippen molar-refractivity contribution in [3.63, 3.8) is 0 Å². The van der Waals surface area contributed by atoms with Crippen LogP contribution < -0.4 is 10.2 Å².